The molecule has 0 nitrogen and oxygen atoms in total. The molecule has 1 aliphatic carbocycles. The maximum atomic E-state index is 3.60. The van der Waals surface area contributed by atoms with Gasteiger partial charge in [-0.05, 0) is 11.1 Å². The normalized spacial score (nSPS) is 12.4. The van der Waals surface area contributed by atoms with Crippen molar-refractivity contribution in [2.45, 2.75) is 26.2 Å². The van der Waals surface area contributed by atoms with Crippen LogP contribution in [0.5, 0.6) is 0 Å². The summed E-state index contributed by atoms with van der Waals surface area (Å²) in [5.74, 6) is 0.301. The van der Waals surface area contributed by atoms with Crippen molar-refractivity contribution in [3.05, 3.63) is 94.6 Å². The Morgan fingerprint density at radius 3 is 1.50 bits per heavy atom. The summed E-state index contributed by atoms with van der Waals surface area (Å²) in [6.07, 6.45) is 4.57. The quantitative estimate of drug-likeness (QED) is 0.359. The van der Waals surface area contributed by atoms with E-state index >= 15 is 0 Å². The van der Waals surface area contributed by atoms with E-state index in [4.69, 9.17) is 0 Å². The molecule has 24 heavy (non-hydrogen) atoms. The molecule has 0 saturated heterocycles. The minimum absolute atomic E-state index is 0. The van der Waals surface area contributed by atoms with Crippen LogP contribution in [0.25, 0.3) is 0 Å². The van der Waals surface area contributed by atoms with Crippen molar-refractivity contribution < 1.29 is 58.9 Å². The van der Waals surface area contributed by atoms with Crippen LogP contribution >= 0.6 is 0 Å². The van der Waals surface area contributed by atoms with Crippen LogP contribution in [-0.4, -0.2) is 0 Å². The summed E-state index contributed by atoms with van der Waals surface area (Å²) in [7, 11) is 0. The molecule has 0 aliphatic heterocycles. The van der Waals surface area contributed by atoms with Gasteiger partial charge in [-0.3, -0.25) is 6.08 Å². The molecule has 4 heteroatoms. The second kappa shape index (κ2) is 12.0. The standard InChI is InChI=1S/C20H19.3ClH.Ti/c1-15-13-14-19(16(15)2)20(17-9-5-3-6-10-17)18-11-7-4-8-12-18;;;;/h3-12,20H,13H2,1-2H3;3*1H;/q-1;;;;+4/p-3. The fourth-order valence-corrected chi connectivity index (χ4v) is 2.86. The zero-order valence-corrected chi connectivity index (χ0v) is 17.5. The minimum atomic E-state index is 0. The minimum Gasteiger partial charge on any atom is -1.00 e. The van der Waals surface area contributed by atoms with Gasteiger partial charge in [0.25, 0.3) is 0 Å². The van der Waals surface area contributed by atoms with E-state index in [0.717, 1.165) is 6.42 Å². The number of hydrogen-bond acceptors (Lipinski definition) is 0. The molecule has 0 heterocycles. The Bertz CT molecular complexity index is 624. The molecule has 0 amide bonds. The first-order chi connectivity index (χ1) is 9.77. The molecular weight excluding hydrogens is 394 g/mol. The SMILES string of the molecule is CC1=C(C)C(C(c2ccccc2)c2ccccc2)=[C-]C1.[Cl-].[Cl-].[Cl-].[Ti+4]. The molecule has 1 aliphatic rings. The monoisotopic (exact) mass is 412 g/mol. The van der Waals surface area contributed by atoms with Crippen molar-refractivity contribution in [3.8, 4) is 0 Å². The first-order valence-corrected chi connectivity index (χ1v) is 7.14. The van der Waals surface area contributed by atoms with Crippen LogP contribution in [0.4, 0.5) is 0 Å². The van der Waals surface area contributed by atoms with Gasteiger partial charge < -0.3 is 37.2 Å². The Morgan fingerprint density at radius 2 is 1.17 bits per heavy atom. The van der Waals surface area contributed by atoms with Crippen LogP contribution in [0.3, 0.4) is 0 Å². The van der Waals surface area contributed by atoms with E-state index in [1.54, 1.807) is 0 Å². The second-order valence-corrected chi connectivity index (χ2v) is 5.43. The fraction of sp³-hybridized carbons (Fsp3) is 0.200. The van der Waals surface area contributed by atoms with Gasteiger partial charge in [-0.1, -0.05) is 67.6 Å². The molecule has 0 spiro atoms. The third kappa shape index (κ3) is 5.51. The van der Waals surface area contributed by atoms with E-state index in [1.807, 2.05) is 0 Å². The van der Waals surface area contributed by atoms with Crippen LogP contribution in [0, 0.1) is 6.08 Å². The number of rotatable bonds is 3. The van der Waals surface area contributed by atoms with Gasteiger partial charge in [-0.2, -0.15) is 11.1 Å². The molecule has 0 aromatic heterocycles. The molecule has 2 aromatic rings. The Labute approximate surface area is 178 Å². The zero-order chi connectivity index (χ0) is 13.9. The van der Waals surface area contributed by atoms with Crippen LogP contribution in [0.15, 0.2) is 77.4 Å². The first-order valence-electron chi connectivity index (χ1n) is 7.14. The van der Waals surface area contributed by atoms with Crippen molar-refractivity contribution in [1.82, 2.24) is 0 Å². The maximum Gasteiger partial charge on any atom is 4.00 e. The van der Waals surface area contributed by atoms with E-state index in [2.05, 4.69) is 80.6 Å². The smallest absolute Gasteiger partial charge is 1.00 e. The first kappa shape index (κ1) is 25.7. The van der Waals surface area contributed by atoms with Gasteiger partial charge >= 0.3 is 21.7 Å². The van der Waals surface area contributed by atoms with E-state index in [0.29, 0.717) is 5.92 Å². The van der Waals surface area contributed by atoms with E-state index in [-0.39, 0.29) is 58.9 Å². The van der Waals surface area contributed by atoms with E-state index < -0.39 is 0 Å². The topological polar surface area (TPSA) is 0 Å². The Kier molecular flexibility index (Phi) is 12.8. The predicted octanol–water partition coefficient (Wildman–Crippen LogP) is -3.70. The summed E-state index contributed by atoms with van der Waals surface area (Å²) >= 11 is 0. The largest absolute Gasteiger partial charge is 4.00 e. The van der Waals surface area contributed by atoms with Gasteiger partial charge in [0.15, 0.2) is 0 Å². The van der Waals surface area contributed by atoms with E-state index in [1.165, 1.54) is 27.8 Å². The average Bonchev–Trinajstić information content (AvgIpc) is 2.82. The average molecular weight is 414 g/mol. The number of benzene rings is 2. The van der Waals surface area contributed by atoms with Gasteiger partial charge in [0.2, 0.25) is 0 Å². The summed E-state index contributed by atoms with van der Waals surface area (Å²) in [6, 6.07) is 21.5. The van der Waals surface area contributed by atoms with Gasteiger partial charge in [-0.25, -0.2) is 5.57 Å². The van der Waals surface area contributed by atoms with Gasteiger partial charge in [0, 0.05) is 5.92 Å². The number of allylic oxidation sites excluding steroid dienone is 4. The number of halogens is 3. The molecule has 3 rings (SSSR count). The zero-order valence-electron chi connectivity index (χ0n) is 13.7. The maximum absolute atomic E-state index is 3.60. The van der Waals surface area contributed by atoms with Crippen molar-refractivity contribution >= 4 is 0 Å². The third-order valence-corrected chi connectivity index (χ3v) is 4.14. The van der Waals surface area contributed by atoms with Crippen molar-refractivity contribution in [3.63, 3.8) is 0 Å². The molecule has 0 saturated carbocycles. The predicted molar refractivity (Wildman–Crippen MR) is 84.5 cm³/mol. The third-order valence-electron chi connectivity index (χ3n) is 4.14. The Hall–Kier alpha value is -0.496. The van der Waals surface area contributed by atoms with Crippen LogP contribution in [0.1, 0.15) is 37.3 Å². The molecule has 0 unspecified atom stereocenters. The molecule has 0 bridgehead atoms. The molecule has 124 valence electrons. The molecule has 0 N–H and O–H groups in total. The molecule has 2 aromatic carbocycles. The van der Waals surface area contributed by atoms with Gasteiger partial charge in [-0.15, -0.1) is 13.3 Å². The Balaban J connectivity index is 0. The summed E-state index contributed by atoms with van der Waals surface area (Å²) in [5, 5.41) is 0. The molecular formula is C20H19Cl3Ti. The molecule has 0 atom stereocenters. The Morgan fingerprint density at radius 1 is 0.750 bits per heavy atom. The van der Waals surface area contributed by atoms with Crippen molar-refractivity contribution in [2.24, 2.45) is 0 Å². The summed E-state index contributed by atoms with van der Waals surface area (Å²) in [6.45, 7) is 4.44. The van der Waals surface area contributed by atoms with Crippen LogP contribution < -0.4 is 37.2 Å². The van der Waals surface area contributed by atoms with Crippen LogP contribution in [0.2, 0.25) is 0 Å². The van der Waals surface area contributed by atoms with Gasteiger partial charge in [0.05, 0.1) is 0 Å². The summed E-state index contributed by atoms with van der Waals surface area (Å²) in [5.41, 5.74) is 6.88. The summed E-state index contributed by atoms with van der Waals surface area (Å²) < 4.78 is 0. The van der Waals surface area contributed by atoms with Crippen molar-refractivity contribution in [1.29, 1.82) is 0 Å². The molecule has 0 fully saturated rings. The number of hydrogen-bond donors (Lipinski definition) is 0. The van der Waals surface area contributed by atoms with Gasteiger partial charge in [0.1, 0.15) is 0 Å². The second-order valence-electron chi connectivity index (χ2n) is 5.43. The molecule has 0 radical (unpaired) electrons. The van der Waals surface area contributed by atoms with Crippen molar-refractivity contribution in [2.75, 3.05) is 0 Å². The van der Waals surface area contributed by atoms with E-state index in [9.17, 15) is 0 Å². The summed E-state index contributed by atoms with van der Waals surface area (Å²) in [4.78, 5) is 0. The fourth-order valence-electron chi connectivity index (χ4n) is 2.86. The van der Waals surface area contributed by atoms with Crippen LogP contribution in [-0.2, 0) is 21.7 Å².